The van der Waals surface area contributed by atoms with Gasteiger partial charge in [-0.2, -0.15) is 5.26 Å². The number of amides is 3. The van der Waals surface area contributed by atoms with Crippen LogP contribution in [0.4, 0.5) is 22.1 Å². The zero-order valence-corrected chi connectivity index (χ0v) is 22.7. The van der Waals surface area contributed by atoms with Gasteiger partial charge in [0.1, 0.15) is 17.3 Å². The molecule has 0 unspecified atom stereocenters. The molecule has 0 saturated heterocycles. The van der Waals surface area contributed by atoms with Gasteiger partial charge < -0.3 is 10.2 Å². The van der Waals surface area contributed by atoms with Crippen LogP contribution in [0, 0.1) is 11.3 Å². The number of thiophene rings is 1. The molecule has 3 aromatic rings. The lowest BCUT2D eigenvalue weighted by Crippen LogP contribution is -2.38. The van der Waals surface area contributed by atoms with Crippen molar-refractivity contribution >= 4 is 69.0 Å². The Balaban J connectivity index is 1.58. The maximum atomic E-state index is 12.7. The normalized spacial score (nSPS) is 12.5. The van der Waals surface area contributed by atoms with E-state index in [0.717, 1.165) is 17.0 Å². The number of nitriles is 1. The van der Waals surface area contributed by atoms with E-state index >= 15 is 0 Å². The first-order valence-corrected chi connectivity index (χ1v) is 13.3. The molecule has 198 valence electrons. The number of benzene rings is 2. The molecule has 1 aliphatic heterocycles. The molecule has 1 aliphatic rings. The summed E-state index contributed by atoms with van der Waals surface area (Å²) in [6, 6.07) is 13.9. The summed E-state index contributed by atoms with van der Waals surface area (Å²) in [7, 11) is 0. The fourth-order valence-corrected chi connectivity index (χ4v) is 5.17. The van der Waals surface area contributed by atoms with E-state index < -0.39 is 0 Å². The van der Waals surface area contributed by atoms with Crippen molar-refractivity contribution in [3.63, 3.8) is 0 Å². The Morgan fingerprint density at radius 2 is 1.85 bits per heavy atom. The topological polar surface area (TPSA) is 135 Å². The van der Waals surface area contributed by atoms with Gasteiger partial charge in [0, 0.05) is 31.7 Å². The van der Waals surface area contributed by atoms with Crippen LogP contribution in [0.1, 0.15) is 56.2 Å². The van der Waals surface area contributed by atoms with Gasteiger partial charge in [0.25, 0.3) is 11.8 Å². The summed E-state index contributed by atoms with van der Waals surface area (Å²) < 4.78 is 0. The van der Waals surface area contributed by atoms with Crippen molar-refractivity contribution in [2.75, 3.05) is 29.9 Å². The molecule has 2 heterocycles. The van der Waals surface area contributed by atoms with E-state index in [0.29, 0.717) is 41.9 Å². The molecule has 0 bridgehead atoms. The zero-order chi connectivity index (χ0) is 28.1. The molecule has 12 heteroatoms. The predicted molar refractivity (Wildman–Crippen MR) is 149 cm³/mol. The minimum absolute atomic E-state index is 0.0259. The van der Waals surface area contributed by atoms with Crippen molar-refractivity contribution < 1.29 is 19.2 Å². The maximum absolute atomic E-state index is 12.7. The summed E-state index contributed by atoms with van der Waals surface area (Å²) >= 11 is 7.01. The monoisotopic (exact) mass is 562 g/mol. The van der Waals surface area contributed by atoms with Crippen molar-refractivity contribution in [3.8, 4) is 6.07 Å². The van der Waals surface area contributed by atoms with Gasteiger partial charge in [0.2, 0.25) is 5.91 Å². The number of likely N-dealkylation sites (N-methyl/N-ethyl adjacent to an activating group) is 1. The van der Waals surface area contributed by atoms with E-state index in [1.54, 1.807) is 49.4 Å². The van der Waals surface area contributed by atoms with Crippen molar-refractivity contribution in [3.05, 3.63) is 69.1 Å². The van der Waals surface area contributed by atoms with Gasteiger partial charge in [0.05, 0.1) is 26.7 Å². The largest absolute Gasteiger partial charge is 0.370 e. The van der Waals surface area contributed by atoms with Gasteiger partial charge in [-0.15, -0.1) is 21.6 Å². The fourth-order valence-electron chi connectivity index (χ4n) is 4.04. The van der Waals surface area contributed by atoms with E-state index in [4.69, 9.17) is 11.6 Å². The lowest BCUT2D eigenvalue weighted by atomic mass is 10.1. The summed E-state index contributed by atoms with van der Waals surface area (Å²) in [5.41, 5.74) is 2.30. The van der Waals surface area contributed by atoms with Crippen LogP contribution in [0.5, 0.6) is 0 Å². The van der Waals surface area contributed by atoms with Gasteiger partial charge in [0.15, 0.2) is 11.3 Å². The molecule has 3 amide bonds. The summed E-state index contributed by atoms with van der Waals surface area (Å²) in [5.74, 6) is -0.874. The summed E-state index contributed by atoms with van der Waals surface area (Å²) in [6.07, 6.45) is 0.787. The first-order valence-electron chi connectivity index (χ1n) is 12.1. The molecule has 0 fully saturated rings. The number of aldehydes is 1. The number of azo groups is 1. The van der Waals surface area contributed by atoms with Crippen LogP contribution in [0.2, 0.25) is 5.02 Å². The summed E-state index contributed by atoms with van der Waals surface area (Å²) in [5, 5.41) is 20.8. The van der Waals surface area contributed by atoms with Gasteiger partial charge in [-0.05, 0) is 37.3 Å². The van der Waals surface area contributed by atoms with Crippen LogP contribution in [0.25, 0.3) is 0 Å². The van der Waals surface area contributed by atoms with Gasteiger partial charge >= 0.3 is 0 Å². The molecule has 0 radical (unpaired) electrons. The number of rotatable bonds is 10. The SMILES string of the molecule is CCC(=O)Nc1cc(N(CC)CCN2C(=O)c3ccccc3C2=O)ccc1N=Nc1sc(C=O)c(Cl)c1C#N. The van der Waals surface area contributed by atoms with Crippen molar-refractivity contribution in [2.45, 2.75) is 20.3 Å². The standard InChI is InChI=1S/C27H23ClN6O4S/c1-3-23(36)30-21-13-16(9-10-20(21)31-32-25-19(14-29)24(28)22(15-35)39-25)33(4-2)11-12-34-26(37)17-7-5-6-8-18(17)27(34)38/h5-10,13,15H,3-4,11-12H2,1-2H3,(H,30,36). The first-order chi connectivity index (χ1) is 18.8. The zero-order valence-electron chi connectivity index (χ0n) is 21.1. The Kier molecular flexibility index (Phi) is 8.49. The average Bonchev–Trinajstić information content (AvgIpc) is 3.40. The average molecular weight is 563 g/mol. The van der Waals surface area contributed by atoms with Crippen molar-refractivity contribution in [2.24, 2.45) is 10.2 Å². The summed E-state index contributed by atoms with van der Waals surface area (Å²) in [6.45, 7) is 4.79. The number of hydrogen-bond acceptors (Lipinski definition) is 9. The highest BCUT2D eigenvalue weighted by Crippen LogP contribution is 2.39. The second-order valence-corrected chi connectivity index (χ2v) is 9.79. The molecule has 1 aromatic heterocycles. The van der Waals surface area contributed by atoms with E-state index in [9.17, 15) is 24.4 Å². The third-order valence-electron chi connectivity index (χ3n) is 6.12. The molecule has 0 atom stereocenters. The number of fused-ring (bicyclic) bond motifs is 1. The van der Waals surface area contributed by atoms with Crippen LogP contribution in [0.3, 0.4) is 0 Å². The lowest BCUT2D eigenvalue weighted by Gasteiger charge is -2.26. The Labute approximate surface area is 233 Å². The first kappa shape index (κ1) is 27.6. The molecular weight excluding hydrogens is 540 g/mol. The molecule has 2 aromatic carbocycles. The Morgan fingerprint density at radius 3 is 2.44 bits per heavy atom. The fraction of sp³-hybridized carbons (Fsp3) is 0.222. The molecule has 0 aliphatic carbocycles. The predicted octanol–water partition coefficient (Wildman–Crippen LogP) is 5.97. The number of nitrogens with zero attached hydrogens (tertiary/aromatic N) is 5. The third-order valence-corrected chi connectivity index (χ3v) is 7.62. The number of halogens is 1. The molecule has 0 saturated carbocycles. The van der Waals surface area contributed by atoms with E-state index in [-0.39, 0.29) is 51.2 Å². The number of imide groups is 1. The van der Waals surface area contributed by atoms with Crippen LogP contribution >= 0.6 is 22.9 Å². The van der Waals surface area contributed by atoms with Crippen LogP contribution in [-0.4, -0.2) is 48.5 Å². The van der Waals surface area contributed by atoms with Crippen LogP contribution < -0.4 is 10.2 Å². The Morgan fingerprint density at radius 1 is 1.15 bits per heavy atom. The molecular formula is C27H23ClN6O4S. The van der Waals surface area contributed by atoms with E-state index in [2.05, 4.69) is 15.5 Å². The third kappa shape index (κ3) is 5.57. The summed E-state index contributed by atoms with van der Waals surface area (Å²) in [4.78, 5) is 52.3. The molecule has 4 rings (SSSR count). The molecule has 1 N–H and O–H groups in total. The second kappa shape index (κ2) is 12.0. The van der Waals surface area contributed by atoms with E-state index in [1.807, 2.05) is 17.9 Å². The Bertz CT molecular complexity index is 1510. The second-order valence-electron chi connectivity index (χ2n) is 8.38. The number of carbonyl (C=O) groups is 4. The highest BCUT2D eigenvalue weighted by atomic mass is 35.5. The van der Waals surface area contributed by atoms with Gasteiger partial charge in [-0.3, -0.25) is 24.1 Å². The number of hydrogen-bond donors (Lipinski definition) is 1. The molecule has 39 heavy (non-hydrogen) atoms. The smallest absolute Gasteiger partial charge is 0.261 e. The highest BCUT2D eigenvalue weighted by Gasteiger charge is 2.35. The minimum atomic E-state index is -0.318. The van der Waals surface area contributed by atoms with Crippen molar-refractivity contribution in [1.82, 2.24) is 4.90 Å². The molecule has 10 nitrogen and oxygen atoms in total. The number of nitrogens with one attached hydrogen (secondary N) is 1. The van der Waals surface area contributed by atoms with Gasteiger partial charge in [-0.25, -0.2) is 0 Å². The van der Waals surface area contributed by atoms with Crippen LogP contribution in [0.15, 0.2) is 52.7 Å². The highest BCUT2D eigenvalue weighted by molar-refractivity contribution is 7.18. The molecule has 0 spiro atoms. The maximum Gasteiger partial charge on any atom is 0.261 e. The minimum Gasteiger partial charge on any atom is -0.370 e. The van der Waals surface area contributed by atoms with E-state index in [1.165, 1.54) is 4.90 Å². The quantitative estimate of drug-likeness (QED) is 0.184. The lowest BCUT2D eigenvalue weighted by molar-refractivity contribution is -0.115. The number of anilines is 2. The van der Waals surface area contributed by atoms with Crippen LogP contribution in [-0.2, 0) is 4.79 Å². The van der Waals surface area contributed by atoms with Crippen molar-refractivity contribution in [1.29, 1.82) is 5.26 Å². The Hall–Kier alpha value is -4.40. The number of carbonyl (C=O) groups excluding carboxylic acids is 4. The van der Waals surface area contributed by atoms with Gasteiger partial charge in [-0.1, -0.05) is 30.7 Å².